The van der Waals surface area contributed by atoms with Gasteiger partial charge in [-0.1, -0.05) is 17.7 Å². The largest absolute Gasteiger partial charge is 0.491 e. The van der Waals surface area contributed by atoms with Crippen molar-refractivity contribution >= 4 is 11.6 Å². The topological polar surface area (TPSA) is 9.23 Å². The van der Waals surface area contributed by atoms with E-state index in [0.29, 0.717) is 0 Å². The number of rotatable bonds is 2. The van der Waals surface area contributed by atoms with Crippen LogP contribution >= 0.6 is 11.6 Å². The molecule has 1 nitrogen and oxygen atoms in total. The van der Waals surface area contributed by atoms with Gasteiger partial charge in [0.15, 0.2) is 0 Å². The molecule has 0 N–H and O–H groups in total. The average molecular weight is 199 g/mol. The Morgan fingerprint density at radius 2 is 1.77 bits per heavy atom. The molecule has 0 bridgehead atoms. The van der Waals surface area contributed by atoms with Crippen LogP contribution in [-0.2, 0) is 0 Å². The Morgan fingerprint density at radius 3 is 2.31 bits per heavy atom. The van der Waals surface area contributed by atoms with Gasteiger partial charge in [-0.15, -0.1) is 0 Å². The van der Waals surface area contributed by atoms with Crippen LogP contribution in [0.25, 0.3) is 0 Å². The predicted octanol–water partition coefficient (Wildman–Crippen LogP) is 3.74. The first kappa shape index (κ1) is 10.4. The smallest absolute Gasteiger partial charge is 0.124 e. The SMILES string of the molecule is Cc1cc(C)c(OC(C)C)cc1Cl. The van der Waals surface area contributed by atoms with Crippen LogP contribution in [0.3, 0.4) is 0 Å². The average Bonchev–Trinajstić information content (AvgIpc) is 1.99. The van der Waals surface area contributed by atoms with Crippen LogP contribution in [0.4, 0.5) is 0 Å². The Bertz CT molecular complexity index is 305. The number of hydrogen-bond donors (Lipinski definition) is 0. The summed E-state index contributed by atoms with van der Waals surface area (Å²) in [6.07, 6.45) is 0.192. The molecule has 0 atom stereocenters. The van der Waals surface area contributed by atoms with Crippen LogP contribution in [0.15, 0.2) is 12.1 Å². The molecule has 1 aromatic rings. The first-order valence-electron chi connectivity index (χ1n) is 4.44. The maximum atomic E-state index is 5.99. The van der Waals surface area contributed by atoms with Crippen molar-refractivity contribution in [2.75, 3.05) is 0 Å². The van der Waals surface area contributed by atoms with Crippen LogP contribution in [-0.4, -0.2) is 6.10 Å². The quantitative estimate of drug-likeness (QED) is 0.704. The third kappa shape index (κ3) is 2.63. The molecular weight excluding hydrogens is 184 g/mol. The van der Waals surface area contributed by atoms with Crippen LogP contribution in [0.1, 0.15) is 25.0 Å². The summed E-state index contributed by atoms with van der Waals surface area (Å²) in [6, 6.07) is 3.92. The third-order valence-corrected chi connectivity index (χ3v) is 2.23. The fraction of sp³-hybridized carbons (Fsp3) is 0.455. The van der Waals surface area contributed by atoms with E-state index < -0.39 is 0 Å². The Labute approximate surface area is 84.7 Å². The fourth-order valence-corrected chi connectivity index (χ4v) is 1.34. The molecule has 0 amide bonds. The maximum absolute atomic E-state index is 5.99. The molecule has 0 saturated heterocycles. The molecule has 0 aliphatic rings. The van der Waals surface area contributed by atoms with Crippen LogP contribution in [0.5, 0.6) is 5.75 Å². The van der Waals surface area contributed by atoms with Gasteiger partial charge in [-0.05, 0) is 44.9 Å². The zero-order valence-corrected chi connectivity index (χ0v) is 9.27. The summed E-state index contributed by atoms with van der Waals surface area (Å²) in [5.74, 6) is 0.880. The Kier molecular flexibility index (Phi) is 3.21. The van der Waals surface area contributed by atoms with Crippen molar-refractivity contribution in [3.05, 3.63) is 28.3 Å². The van der Waals surface area contributed by atoms with Crippen LogP contribution in [0.2, 0.25) is 5.02 Å². The van der Waals surface area contributed by atoms with E-state index in [4.69, 9.17) is 16.3 Å². The fourth-order valence-electron chi connectivity index (χ4n) is 1.19. The molecule has 0 fully saturated rings. The predicted molar refractivity (Wildman–Crippen MR) is 56.7 cm³/mol. The van der Waals surface area contributed by atoms with E-state index in [2.05, 4.69) is 0 Å². The highest BCUT2D eigenvalue weighted by molar-refractivity contribution is 6.31. The molecule has 0 aliphatic carbocycles. The molecule has 1 rings (SSSR count). The van der Waals surface area contributed by atoms with Gasteiger partial charge in [0.2, 0.25) is 0 Å². The normalized spacial score (nSPS) is 10.6. The Hall–Kier alpha value is -0.690. The van der Waals surface area contributed by atoms with E-state index in [1.54, 1.807) is 0 Å². The lowest BCUT2D eigenvalue weighted by atomic mass is 10.1. The van der Waals surface area contributed by atoms with Gasteiger partial charge in [0.1, 0.15) is 5.75 Å². The number of benzene rings is 1. The van der Waals surface area contributed by atoms with Crippen molar-refractivity contribution < 1.29 is 4.74 Å². The van der Waals surface area contributed by atoms with Crippen molar-refractivity contribution in [1.29, 1.82) is 0 Å². The highest BCUT2D eigenvalue weighted by Crippen LogP contribution is 2.26. The molecule has 2 heteroatoms. The molecule has 0 heterocycles. The first-order valence-corrected chi connectivity index (χ1v) is 4.82. The van der Waals surface area contributed by atoms with Crippen LogP contribution in [0, 0.1) is 13.8 Å². The molecule has 0 aromatic heterocycles. The Balaban J connectivity index is 3.01. The first-order chi connectivity index (χ1) is 6.00. The van der Waals surface area contributed by atoms with E-state index in [1.807, 2.05) is 39.8 Å². The molecule has 0 spiro atoms. The summed E-state index contributed by atoms with van der Waals surface area (Å²) < 4.78 is 5.60. The molecule has 13 heavy (non-hydrogen) atoms. The van der Waals surface area contributed by atoms with Gasteiger partial charge >= 0.3 is 0 Å². The van der Waals surface area contributed by atoms with Gasteiger partial charge < -0.3 is 4.74 Å². The summed E-state index contributed by atoms with van der Waals surface area (Å²) in [5, 5.41) is 0.765. The molecule has 1 aromatic carbocycles. The lowest BCUT2D eigenvalue weighted by molar-refractivity contribution is 0.241. The highest BCUT2D eigenvalue weighted by atomic mass is 35.5. The standard InChI is InChI=1S/C11H15ClO/c1-7(2)13-11-6-10(12)8(3)5-9(11)4/h5-7H,1-4H3. The number of ether oxygens (including phenoxy) is 1. The van der Waals surface area contributed by atoms with Crippen molar-refractivity contribution in [3.8, 4) is 5.75 Å². The van der Waals surface area contributed by atoms with E-state index >= 15 is 0 Å². The van der Waals surface area contributed by atoms with Crippen molar-refractivity contribution in [2.45, 2.75) is 33.8 Å². The molecular formula is C11H15ClO. The van der Waals surface area contributed by atoms with Gasteiger partial charge in [-0.25, -0.2) is 0 Å². The second-order valence-electron chi connectivity index (χ2n) is 3.53. The van der Waals surface area contributed by atoms with Crippen molar-refractivity contribution in [2.24, 2.45) is 0 Å². The van der Waals surface area contributed by atoms with E-state index in [1.165, 1.54) is 0 Å². The van der Waals surface area contributed by atoms with Gasteiger partial charge in [0, 0.05) is 5.02 Å². The van der Waals surface area contributed by atoms with E-state index in [-0.39, 0.29) is 6.10 Å². The minimum Gasteiger partial charge on any atom is -0.491 e. The number of aryl methyl sites for hydroxylation is 2. The summed E-state index contributed by atoms with van der Waals surface area (Å²) in [6.45, 7) is 8.04. The molecule has 0 aliphatic heterocycles. The minimum absolute atomic E-state index is 0.192. The summed E-state index contributed by atoms with van der Waals surface area (Å²) in [5.41, 5.74) is 2.23. The summed E-state index contributed by atoms with van der Waals surface area (Å²) >= 11 is 5.99. The lowest BCUT2D eigenvalue weighted by Crippen LogP contribution is -2.06. The third-order valence-electron chi connectivity index (χ3n) is 1.82. The summed E-state index contributed by atoms with van der Waals surface area (Å²) in [4.78, 5) is 0. The van der Waals surface area contributed by atoms with Crippen molar-refractivity contribution in [1.82, 2.24) is 0 Å². The van der Waals surface area contributed by atoms with Gasteiger partial charge in [0.25, 0.3) is 0 Å². The lowest BCUT2D eigenvalue weighted by Gasteiger charge is -2.13. The Morgan fingerprint density at radius 1 is 1.15 bits per heavy atom. The highest BCUT2D eigenvalue weighted by Gasteiger charge is 2.05. The van der Waals surface area contributed by atoms with E-state index in [0.717, 1.165) is 21.9 Å². The zero-order valence-electron chi connectivity index (χ0n) is 8.52. The maximum Gasteiger partial charge on any atom is 0.124 e. The van der Waals surface area contributed by atoms with Crippen LogP contribution < -0.4 is 4.74 Å². The second kappa shape index (κ2) is 4.01. The molecule has 0 radical (unpaired) electrons. The van der Waals surface area contributed by atoms with Gasteiger partial charge in [-0.3, -0.25) is 0 Å². The van der Waals surface area contributed by atoms with Gasteiger partial charge in [-0.2, -0.15) is 0 Å². The summed E-state index contributed by atoms with van der Waals surface area (Å²) in [7, 11) is 0. The second-order valence-corrected chi connectivity index (χ2v) is 3.94. The van der Waals surface area contributed by atoms with Crippen molar-refractivity contribution in [3.63, 3.8) is 0 Å². The molecule has 72 valence electrons. The minimum atomic E-state index is 0.192. The number of halogens is 1. The monoisotopic (exact) mass is 198 g/mol. The molecule has 0 unspecified atom stereocenters. The van der Waals surface area contributed by atoms with E-state index in [9.17, 15) is 0 Å². The number of hydrogen-bond acceptors (Lipinski definition) is 1. The van der Waals surface area contributed by atoms with Gasteiger partial charge in [0.05, 0.1) is 6.10 Å². The zero-order chi connectivity index (χ0) is 10.0. The molecule has 0 saturated carbocycles.